The Morgan fingerprint density at radius 3 is 2.31 bits per heavy atom. The zero-order chi connectivity index (χ0) is 26.6. The fraction of sp³-hybridized carbons (Fsp3) is 0.560. The van der Waals surface area contributed by atoms with Gasteiger partial charge in [-0.05, 0) is 65.0 Å². The monoisotopic (exact) mass is 502 g/mol. The molecular formula is C25H34N4O7. The molecule has 2 heterocycles. The summed E-state index contributed by atoms with van der Waals surface area (Å²) in [6, 6.07) is 4.33. The zero-order valence-electron chi connectivity index (χ0n) is 21.2. The van der Waals surface area contributed by atoms with Crippen molar-refractivity contribution in [1.29, 1.82) is 0 Å². The number of rotatable bonds is 9. The lowest BCUT2D eigenvalue weighted by Gasteiger charge is -2.31. The summed E-state index contributed by atoms with van der Waals surface area (Å²) < 4.78 is 5.43. The van der Waals surface area contributed by atoms with Gasteiger partial charge in [0, 0.05) is 20.1 Å². The Balaban J connectivity index is 1.50. The van der Waals surface area contributed by atoms with Gasteiger partial charge in [-0.25, -0.2) is 15.0 Å². The summed E-state index contributed by atoms with van der Waals surface area (Å²) in [5, 5.41) is 10.7. The Morgan fingerprint density at radius 2 is 1.75 bits per heavy atom. The number of fused-ring (bicyclic) bond motifs is 1. The molecule has 0 aliphatic carbocycles. The molecule has 36 heavy (non-hydrogen) atoms. The first-order valence-corrected chi connectivity index (χ1v) is 12.1. The minimum atomic E-state index is -1.14. The van der Waals surface area contributed by atoms with Gasteiger partial charge in [0.25, 0.3) is 11.8 Å². The molecule has 3 rings (SSSR count). The maximum atomic E-state index is 13.0. The quantitative estimate of drug-likeness (QED) is 0.227. The van der Waals surface area contributed by atoms with Crippen molar-refractivity contribution >= 4 is 29.8 Å². The number of carboxylic acid groups (broad SMARTS) is 1. The number of amides is 4. The second-order valence-corrected chi connectivity index (χ2v) is 10.0. The molecule has 0 spiro atoms. The molecule has 1 unspecified atom stereocenters. The van der Waals surface area contributed by atoms with E-state index >= 15 is 0 Å². The molecule has 1 aromatic rings. The Kier molecular flexibility index (Phi) is 8.34. The molecule has 0 bridgehead atoms. The molecule has 11 nitrogen and oxygen atoms in total. The van der Waals surface area contributed by atoms with Gasteiger partial charge in [-0.3, -0.25) is 24.3 Å². The van der Waals surface area contributed by atoms with Crippen molar-refractivity contribution in [1.82, 2.24) is 20.2 Å². The van der Waals surface area contributed by atoms with E-state index < -0.39 is 35.7 Å². The number of urea groups is 1. The molecule has 2 aliphatic rings. The van der Waals surface area contributed by atoms with Crippen LogP contribution in [0.5, 0.6) is 0 Å². The van der Waals surface area contributed by atoms with Crippen molar-refractivity contribution in [2.24, 2.45) is 0 Å². The van der Waals surface area contributed by atoms with Crippen LogP contribution in [0.2, 0.25) is 0 Å². The van der Waals surface area contributed by atoms with Crippen molar-refractivity contribution in [3.8, 4) is 0 Å². The van der Waals surface area contributed by atoms with Crippen LogP contribution in [-0.4, -0.2) is 87.5 Å². The molecule has 2 aliphatic heterocycles. The van der Waals surface area contributed by atoms with Gasteiger partial charge in [-0.15, -0.1) is 0 Å². The average molecular weight is 503 g/mol. The molecule has 2 atom stereocenters. The number of hydrogen-bond donors (Lipinski definition) is 2. The van der Waals surface area contributed by atoms with E-state index in [9.17, 15) is 29.1 Å². The van der Waals surface area contributed by atoms with Crippen LogP contribution < -0.4 is 5.43 Å². The van der Waals surface area contributed by atoms with Crippen molar-refractivity contribution in [2.45, 2.75) is 70.6 Å². The van der Waals surface area contributed by atoms with Crippen LogP contribution in [0.1, 0.15) is 73.6 Å². The fourth-order valence-electron chi connectivity index (χ4n) is 4.40. The van der Waals surface area contributed by atoms with E-state index in [1.165, 1.54) is 16.8 Å². The number of carbonyl (C=O) groups is 5. The maximum absolute atomic E-state index is 13.0. The van der Waals surface area contributed by atoms with Crippen LogP contribution in [-0.2, 0) is 14.3 Å². The Morgan fingerprint density at radius 1 is 1.14 bits per heavy atom. The third-order valence-electron chi connectivity index (χ3n) is 6.11. The fourth-order valence-corrected chi connectivity index (χ4v) is 4.40. The number of carbonyl (C=O) groups excluding carboxylic acids is 4. The van der Waals surface area contributed by atoms with E-state index in [4.69, 9.17) is 4.74 Å². The number of unbranched alkanes of at least 4 members (excludes halogenated alkanes) is 1. The Labute approximate surface area is 210 Å². The third kappa shape index (κ3) is 6.20. The second kappa shape index (κ2) is 11.1. The largest absolute Gasteiger partial charge is 0.480 e. The normalized spacial score (nSPS) is 18.3. The molecule has 11 heteroatoms. The molecule has 4 amide bonds. The molecule has 1 saturated heterocycles. The number of imide groups is 1. The topological polar surface area (TPSA) is 137 Å². The van der Waals surface area contributed by atoms with Gasteiger partial charge in [0.2, 0.25) is 0 Å². The highest BCUT2D eigenvalue weighted by Gasteiger charge is 2.39. The van der Waals surface area contributed by atoms with E-state index in [0.717, 1.165) is 5.01 Å². The predicted molar refractivity (Wildman–Crippen MR) is 129 cm³/mol. The van der Waals surface area contributed by atoms with Crippen LogP contribution in [0.25, 0.3) is 0 Å². The Hall–Kier alpha value is -3.47. The number of nitrogens with zero attached hydrogens (tertiary/aromatic N) is 3. The molecule has 1 aromatic carbocycles. The lowest BCUT2D eigenvalue weighted by molar-refractivity contribution is -0.159. The first-order valence-electron chi connectivity index (χ1n) is 12.1. The minimum absolute atomic E-state index is 0.172. The summed E-state index contributed by atoms with van der Waals surface area (Å²) >= 11 is 0. The predicted octanol–water partition coefficient (Wildman–Crippen LogP) is 2.27. The molecule has 0 saturated carbocycles. The first kappa shape index (κ1) is 27.1. The summed E-state index contributed by atoms with van der Waals surface area (Å²) in [5.41, 5.74) is 2.77. The van der Waals surface area contributed by atoms with Crippen molar-refractivity contribution < 1.29 is 33.8 Å². The van der Waals surface area contributed by atoms with Crippen molar-refractivity contribution in [3.05, 3.63) is 35.4 Å². The number of carboxylic acids is 1. The number of ether oxygens (including phenoxy) is 1. The second-order valence-electron chi connectivity index (χ2n) is 10.0. The lowest BCUT2D eigenvalue weighted by atomic mass is 10.1. The summed E-state index contributed by atoms with van der Waals surface area (Å²) in [6.07, 6.45) is 2.12. The van der Waals surface area contributed by atoms with Gasteiger partial charge in [-0.2, -0.15) is 0 Å². The number of likely N-dealkylation sites (tertiary alicyclic amines) is 1. The van der Waals surface area contributed by atoms with Crippen LogP contribution in [0.4, 0.5) is 4.79 Å². The number of esters is 1. The standard InChI is InChI=1S/C25H34N4O7/c1-25(2,3)36-23(34)19-13-9-15-28(19)24(35)27(4)26-18(22(32)33)12-7-8-14-29-20(30)16-10-5-6-11-17(16)21(29)31/h5-6,10-11,18-19,26H,7-9,12-15H2,1-4H3,(H,32,33)/t18?,19-/m0/s1. The molecule has 1 fully saturated rings. The van der Waals surface area contributed by atoms with E-state index in [1.807, 2.05) is 0 Å². The molecule has 0 radical (unpaired) electrons. The van der Waals surface area contributed by atoms with Gasteiger partial charge in [0.15, 0.2) is 0 Å². The van der Waals surface area contributed by atoms with Crippen LogP contribution >= 0.6 is 0 Å². The maximum Gasteiger partial charge on any atom is 0.334 e. The van der Waals surface area contributed by atoms with Crippen LogP contribution in [0, 0.1) is 0 Å². The van der Waals surface area contributed by atoms with E-state index in [-0.39, 0.29) is 24.8 Å². The smallest absolute Gasteiger partial charge is 0.334 e. The molecular weight excluding hydrogens is 468 g/mol. The number of hydrazine groups is 1. The number of benzene rings is 1. The summed E-state index contributed by atoms with van der Waals surface area (Å²) in [6.45, 7) is 5.81. The van der Waals surface area contributed by atoms with E-state index in [0.29, 0.717) is 43.4 Å². The van der Waals surface area contributed by atoms with Crippen molar-refractivity contribution in [3.63, 3.8) is 0 Å². The first-order chi connectivity index (χ1) is 16.9. The number of hydrogen-bond acceptors (Lipinski definition) is 7. The lowest BCUT2D eigenvalue weighted by Crippen LogP contribution is -2.55. The molecule has 196 valence electrons. The van der Waals surface area contributed by atoms with E-state index in [1.54, 1.807) is 45.0 Å². The summed E-state index contributed by atoms with van der Waals surface area (Å²) in [5.74, 6) is -2.32. The Bertz CT molecular complexity index is 1000. The summed E-state index contributed by atoms with van der Waals surface area (Å²) in [7, 11) is 1.42. The zero-order valence-corrected chi connectivity index (χ0v) is 21.2. The SMILES string of the molecule is CN(NC(CCCCN1C(=O)c2ccccc2C1=O)C(=O)O)C(=O)N1CCC[C@H]1C(=O)OC(C)(C)C. The van der Waals surface area contributed by atoms with Gasteiger partial charge in [-0.1, -0.05) is 12.1 Å². The highest BCUT2D eigenvalue weighted by atomic mass is 16.6. The average Bonchev–Trinajstić information content (AvgIpc) is 3.39. The van der Waals surface area contributed by atoms with Gasteiger partial charge >= 0.3 is 18.0 Å². The minimum Gasteiger partial charge on any atom is -0.480 e. The molecule has 2 N–H and O–H groups in total. The number of nitrogens with one attached hydrogen (secondary N) is 1. The number of aliphatic carboxylic acids is 1. The highest BCUT2D eigenvalue weighted by Crippen LogP contribution is 2.24. The van der Waals surface area contributed by atoms with Gasteiger partial charge in [0.05, 0.1) is 11.1 Å². The van der Waals surface area contributed by atoms with Gasteiger partial charge < -0.3 is 14.7 Å². The van der Waals surface area contributed by atoms with Gasteiger partial charge in [0.1, 0.15) is 17.7 Å². The van der Waals surface area contributed by atoms with Crippen molar-refractivity contribution in [2.75, 3.05) is 20.1 Å². The van der Waals surface area contributed by atoms with Crippen LogP contribution in [0.3, 0.4) is 0 Å². The highest BCUT2D eigenvalue weighted by molar-refractivity contribution is 6.21. The molecule has 0 aromatic heterocycles. The van der Waals surface area contributed by atoms with Crippen LogP contribution in [0.15, 0.2) is 24.3 Å². The van der Waals surface area contributed by atoms with E-state index in [2.05, 4.69) is 5.43 Å². The third-order valence-corrected chi connectivity index (χ3v) is 6.11. The summed E-state index contributed by atoms with van der Waals surface area (Å²) in [4.78, 5) is 64.8.